The molecule has 1 saturated heterocycles. The summed E-state index contributed by atoms with van der Waals surface area (Å²) in [6, 6.07) is 1.56. The van der Waals surface area contributed by atoms with E-state index in [2.05, 4.69) is 10.4 Å². The molecule has 0 aromatic carbocycles. The molecule has 2 rings (SSSR count). The molecule has 8 heteroatoms. The predicted octanol–water partition coefficient (Wildman–Crippen LogP) is -0.176. The lowest BCUT2D eigenvalue weighted by molar-refractivity contribution is 0.383. The highest BCUT2D eigenvalue weighted by Crippen LogP contribution is 2.18. The van der Waals surface area contributed by atoms with E-state index >= 15 is 0 Å². The van der Waals surface area contributed by atoms with Crippen LogP contribution in [0.1, 0.15) is 6.42 Å². The minimum absolute atomic E-state index is 0. The Balaban J connectivity index is 0.00000144. The Morgan fingerprint density at radius 2 is 2.29 bits per heavy atom. The first kappa shape index (κ1) is 14.4. The largest absolute Gasteiger partial charge is 0.315 e. The fraction of sp³-hybridized carbons (Fsp3) is 0.667. The number of halogens is 1. The monoisotopic (exact) mass is 280 g/mol. The second-order valence-corrected chi connectivity index (χ2v) is 5.91. The van der Waals surface area contributed by atoms with Gasteiger partial charge < -0.3 is 5.32 Å². The zero-order valence-corrected chi connectivity index (χ0v) is 11.5. The molecule has 1 fully saturated rings. The van der Waals surface area contributed by atoms with E-state index in [9.17, 15) is 8.42 Å². The van der Waals surface area contributed by atoms with Gasteiger partial charge in [0.15, 0.2) is 5.03 Å². The van der Waals surface area contributed by atoms with Gasteiger partial charge in [-0.25, -0.2) is 8.42 Å². The van der Waals surface area contributed by atoms with Crippen molar-refractivity contribution in [3.8, 4) is 0 Å². The number of hydrogen-bond donors (Lipinski definition) is 1. The quantitative estimate of drug-likeness (QED) is 0.834. The Labute approximate surface area is 107 Å². The van der Waals surface area contributed by atoms with Gasteiger partial charge in [0, 0.05) is 26.7 Å². The highest BCUT2D eigenvalue weighted by Gasteiger charge is 2.31. The zero-order chi connectivity index (χ0) is 11.8. The van der Waals surface area contributed by atoms with Crippen molar-refractivity contribution >= 4 is 22.4 Å². The van der Waals surface area contributed by atoms with Gasteiger partial charge in [0.2, 0.25) is 0 Å². The van der Waals surface area contributed by atoms with Gasteiger partial charge in [-0.3, -0.25) is 4.68 Å². The topological polar surface area (TPSA) is 67.2 Å². The van der Waals surface area contributed by atoms with Crippen LogP contribution in [0.2, 0.25) is 0 Å². The molecule has 0 bridgehead atoms. The van der Waals surface area contributed by atoms with Crippen molar-refractivity contribution in [3.05, 3.63) is 12.3 Å². The molecule has 17 heavy (non-hydrogen) atoms. The van der Waals surface area contributed by atoms with Crippen molar-refractivity contribution in [3.63, 3.8) is 0 Å². The van der Waals surface area contributed by atoms with Crippen molar-refractivity contribution in [1.82, 2.24) is 19.4 Å². The second kappa shape index (κ2) is 5.34. The van der Waals surface area contributed by atoms with Crippen molar-refractivity contribution in [1.29, 1.82) is 0 Å². The molecule has 0 amide bonds. The summed E-state index contributed by atoms with van der Waals surface area (Å²) in [6.07, 6.45) is 2.35. The summed E-state index contributed by atoms with van der Waals surface area (Å²) in [7, 11) is -0.158. The van der Waals surface area contributed by atoms with Crippen molar-refractivity contribution in [2.75, 3.05) is 20.1 Å². The number of aryl methyl sites for hydroxylation is 1. The highest BCUT2D eigenvalue weighted by atomic mass is 35.5. The molecule has 1 aromatic rings. The Morgan fingerprint density at radius 3 is 2.76 bits per heavy atom. The summed E-state index contributed by atoms with van der Waals surface area (Å²) in [4.78, 5) is 0. The lowest BCUT2D eigenvalue weighted by atomic mass is 10.3. The molecule has 0 aliphatic carbocycles. The number of nitrogens with zero attached hydrogens (tertiary/aromatic N) is 3. The van der Waals surface area contributed by atoms with Crippen LogP contribution >= 0.6 is 12.4 Å². The number of likely N-dealkylation sites (N-methyl/N-ethyl adjacent to an activating group) is 1. The number of aromatic nitrogens is 2. The summed E-state index contributed by atoms with van der Waals surface area (Å²) in [5.41, 5.74) is 0. The molecule has 0 spiro atoms. The van der Waals surface area contributed by atoms with Crippen LogP contribution < -0.4 is 5.32 Å². The maximum atomic E-state index is 12.2. The van der Waals surface area contributed by atoms with Gasteiger partial charge in [-0.1, -0.05) is 0 Å². The summed E-state index contributed by atoms with van der Waals surface area (Å²) < 4.78 is 27.3. The fourth-order valence-corrected chi connectivity index (χ4v) is 3.39. The minimum Gasteiger partial charge on any atom is -0.315 e. The van der Waals surface area contributed by atoms with Gasteiger partial charge >= 0.3 is 0 Å². The van der Waals surface area contributed by atoms with Crippen molar-refractivity contribution in [2.24, 2.45) is 7.05 Å². The van der Waals surface area contributed by atoms with Gasteiger partial charge in [-0.05, 0) is 19.0 Å². The average Bonchev–Trinajstić information content (AvgIpc) is 2.86. The van der Waals surface area contributed by atoms with E-state index in [1.165, 1.54) is 21.3 Å². The number of sulfonamides is 1. The van der Waals surface area contributed by atoms with E-state index in [1.54, 1.807) is 14.1 Å². The molecule has 1 aromatic heterocycles. The van der Waals surface area contributed by atoms with Crippen LogP contribution in [0.5, 0.6) is 0 Å². The van der Waals surface area contributed by atoms with Gasteiger partial charge in [0.1, 0.15) is 0 Å². The van der Waals surface area contributed by atoms with Crippen LogP contribution in [0.15, 0.2) is 17.3 Å². The molecule has 0 saturated carbocycles. The molecule has 1 aliphatic heterocycles. The molecule has 1 atom stereocenters. The van der Waals surface area contributed by atoms with E-state index in [4.69, 9.17) is 0 Å². The Hall–Kier alpha value is -0.630. The lowest BCUT2D eigenvalue weighted by Crippen LogP contribution is -2.39. The van der Waals surface area contributed by atoms with Crippen molar-refractivity contribution in [2.45, 2.75) is 17.5 Å². The van der Waals surface area contributed by atoms with Crippen LogP contribution in [0, 0.1) is 0 Å². The minimum atomic E-state index is -3.42. The van der Waals surface area contributed by atoms with Crippen LogP contribution in [0.3, 0.4) is 0 Å². The van der Waals surface area contributed by atoms with E-state index in [1.807, 2.05) is 0 Å². The maximum absolute atomic E-state index is 12.2. The van der Waals surface area contributed by atoms with E-state index in [0.29, 0.717) is 6.54 Å². The van der Waals surface area contributed by atoms with Crippen LogP contribution in [-0.2, 0) is 17.1 Å². The number of rotatable bonds is 3. The molecule has 1 N–H and O–H groups in total. The Morgan fingerprint density at radius 1 is 1.59 bits per heavy atom. The second-order valence-electron chi connectivity index (χ2n) is 3.96. The molecular formula is C9H17ClN4O2S. The maximum Gasteiger partial charge on any atom is 0.260 e. The van der Waals surface area contributed by atoms with Gasteiger partial charge in [-0.15, -0.1) is 12.4 Å². The van der Waals surface area contributed by atoms with E-state index in [-0.39, 0.29) is 23.5 Å². The van der Waals surface area contributed by atoms with Crippen LogP contribution in [0.4, 0.5) is 0 Å². The van der Waals surface area contributed by atoms with Gasteiger partial charge in [-0.2, -0.15) is 9.40 Å². The molecule has 0 radical (unpaired) electrons. The Bertz CT molecular complexity index is 467. The zero-order valence-electron chi connectivity index (χ0n) is 9.83. The molecule has 98 valence electrons. The third-order valence-electron chi connectivity index (χ3n) is 2.97. The summed E-state index contributed by atoms with van der Waals surface area (Å²) >= 11 is 0. The summed E-state index contributed by atoms with van der Waals surface area (Å²) in [5.74, 6) is 0. The SMILES string of the molecule is CN(C1CCNC1)S(=O)(=O)c1ccnn1C.Cl. The lowest BCUT2D eigenvalue weighted by Gasteiger charge is -2.22. The first-order chi connectivity index (χ1) is 7.53. The van der Waals surface area contributed by atoms with Gasteiger partial charge in [0.25, 0.3) is 10.0 Å². The van der Waals surface area contributed by atoms with Crippen LogP contribution in [0.25, 0.3) is 0 Å². The molecule has 2 heterocycles. The van der Waals surface area contributed by atoms with E-state index in [0.717, 1.165) is 13.0 Å². The third-order valence-corrected chi connectivity index (χ3v) is 4.95. The summed E-state index contributed by atoms with van der Waals surface area (Å²) in [6.45, 7) is 1.59. The number of nitrogens with one attached hydrogen (secondary N) is 1. The first-order valence-electron chi connectivity index (χ1n) is 5.20. The first-order valence-corrected chi connectivity index (χ1v) is 6.64. The fourth-order valence-electron chi connectivity index (χ4n) is 1.91. The van der Waals surface area contributed by atoms with Crippen molar-refractivity contribution < 1.29 is 8.42 Å². The predicted molar refractivity (Wildman–Crippen MR) is 66.7 cm³/mol. The van der Waals surface area contributed by atoms with Gasteiger partial charge in [0.05, 0.1) is 6.20 Å². The normalized spacial score (nSPS) is 20.5. The molecule has 1 unspecified atom stereocenters. The number of hydrogen-bond acceptors (Lipinski definition) is 4. The Kier molecular flexibility index (Phi) is 4.54. The molecule has 1 aliphatic rings. The van der Waals surface area contributed by atoms with E-state index < -0.39 is 10.0 Å². The smallest absolute Gasteiger partial charge is 0.260 e. The highest BCUT2D eigenvalue weighted by molar-refractivity contribution is 7.89. The third kappa shape index (κ3) is 2.62. The molecule has 6 nitrogen and oxygen atoms in total. The molecular weight excluding hydrogens is 264 g/mol. The summed E-state index contributed by atoms with van der Waals surface area (Å²) in [5, 5.41) is 7.28. The standard InChI is InChI=1S/C9H16N4O2S.ClH/c1-12-9(4-6-11-12)16(14,15)13(2)8-3-5-10-7-8;/h4,6,8,10H,3,5,7H2,1-2H3;1H. The average molecular weight is 281 g/mol. The van der Waals surface area contributed by atoms with Crippen LogP contribution in [-0.4, -0.2) is 48.7 Å².